The number of benzene rings is 3. The van der Waals surface area contributed by atoms with Crippen molar-refractivity contribution in [3.63, 3.8) is 0 Å². The second-order valence-electron chi connectivity index (χ2n) is 8.42. The third kappa shape index (κ3) is 5.76. The summed E-state index contributed by atoms with van der Waals surface area (Å²) < 4.78 is 11.2. The molecule has 0 aliphatic carbocycles. The highest BCUT2D eigenvalue weighted by Gasteiger charge is 2.29. The molecule has 0 aromatic heterocycles. The van der Waals surface area contributed by atoms with Gasteiger partial charge in [-0.2, -0.15) is 0 Å². The van der Waals surface area contributed by atoms with Gasteiger partial charge in [0.15, 0.2) is 6.04 Å². The molecular formula is C26H34N2O3+2. The number of aliphatic hydroxyl groups is 1. The minimum absolute atomic E-state index is 0.304. The molecule has 164 valence electrons. The number of fused-ring (bicyclic) bond motifs is 1. The topological polar surface area (TPSA) is 59.7 Å². The van der Waals surface area contributed by atoms with Crippen LogP contribution in [0.3, 0.4) is 0 Å². The van der Waals surface area contributed by atoms with Gasteiger partial charge < -0.3 is 24.8 Å². The summed E-state index contributed by atoms with van der Waals surface area (Å²) in [7, 11) is 1.70. The lowest BCUT2D eigenvalue weighted by molar-refractivity contribution is -0.934. The summed E-state index contributed by atoms with van der Waals surface area (Å²) in [5, 5.41) is 15.0. The molecule has 5 nitrogen and oxygen atoms in total. The van der Waals surface area contributed by atoms with Gasteiger partial charge >= 0.3 is 0 Å². The third-order valence-corrected chi connectivity index (χ3v) is 6.26. The first-order valence-corrected chi connectivity index (χ1v) is 11.3. The van der Waals surface area contributed by atoms with Gasteiger partial charge in [0.25, 0.3) is 0 Å². The Balaban J connectivity index is 1.28. The Morgan fingerprint density at radius 3 is 2.35 bits per heavy atom. The number of rotatable bonds is 10. The van der Waals surface area contributed by atoms with Crippen molar-refractivity contribution in [1.29, 1.82) is 0 Å². The van der Waals surface area contributed by atoms with Crippen molar-refractivity contribution in [2.75, 3.05) is 39.9 Å². The number of quaternary nitrogens is 2. The SMILES string of the molecule is COc1ccc([C@H](C[NH2+]C[C@@H](O)COc2ccc3ccccc3c2)[NH+]2CCCC2)cc1. The molecule has 5 heteroatoms. The van der Waals surface area contributed by atoms with Crippen molar-refractivity contribution < 1.29 is 24.8 Å². The molecule has 31 heavy (non-hydrogen) atoms. The standard InChI is InChI=1S/C26H32N2O3/c1-30-24-11-9-21(10-12-24)26(28-14-4-5-15-28)18-27-17-23(29)19-31-25-13-8-20-6-2-3-7-22(20)16-25/h2-3,6-13,16,23,26-27,29H,4-5,14-15,17-19H2,1H3/p+2/t23-,26+/m1/s1. The predicted octanol–water partition coefficient (Wildman–Crippen LogP) is 1.57. The molecule has 1 heterocycles. The normalized spacial score (nSPS) is 16.3. The summed E-state index contributed by atoms with van der Waals surface area (Å²) in [5.41, 5.74) is 1.34. The average molecular weight is 423 g/mol. The maximum atomic E-state index is 10.5. The molecule has 0 unspecified atom stereocenters. The van der Waals surface area contributed by atoms with Crippen molar-refractivity contribution in [3.05, 3.63) is 72.3 Å². The molecule has 2 atom stereocenters. The zero-order valence-electron chi connectivity index (χ0n) is 18.3. The Hall–Kier alpha value is -2.60. The van der Waals surface area contributed by atoms with E-state index < -0.39 is 6.10 Å². The van der Waals surface area contributed by atoms with Crippen molar-refractivity contribution in [2.45, 2.75) is 25.0 Å². The molecule has 0 radical (unpaired) electrons. The van der Waals surface area contributed by atoms with Gasteiger partial charge in [-0.05, 0) is 47.2 Å². The van der Waals surface area contributed by atoms with Crippen LogP contribution in [0, 0.1) is 0 Å². The lowest BCUT2D eigenvalue weighted by atomic mass is 10.1. The number of hydrogen-bond donors (Lipinski definition) is 3. The molecule has 0 amide bonds. The summed E-state index contributed by atoms with van der Waals surface area (Å²) in [6.45, 7) is 4.33. The minimum atomic E-state index is -0.503. The van der Waals surface area contributed by atoms with E-state index in [4.69, 9.17) is 9.47 Å². The van der Waals surface area contributed by atoms with Crippen LogP contribution in [-0.2, 0) is 0 Å². The van der Waals surface area contributed by atoms with E-state index in [-0.39, 0.29) is 0 Å². The molecule has 1 fully saturated rings. The molecule has 3 aromatic carbocycles. The molecule has 0 spiro atoms. The fraction of sp³-hybridized carbons (Fsp3) is 0.385. The van der Waals surface area contributed by atoms with Gasteiger partial charge in [0.05, 0.1) is 20.2 Å². The van der Waals surface area contributed by atoms with Gasteiger partial charge in [-0.25, -0.2) is 0 Å². The second-order valence-corrected chi connectivity index (χ2v) is 8.42. The summed E-state index contributed by atoms with van der Waals surface area (Å²) >= 11 is 0. The Labute approximate surface area is 184 Å². The van der Waals surface area contributed by atoms with Crippen LogP contribution in [-0.4, -0.2) is 51.1 Å². The monoisotopic (exact) mass is 422 g/mol. The fourth-order valence-corrected chi connectivity index (χ4v) is 4.53. The van der Waals surface area contributed by atoms with Gasteiger partial charge in [0.1, 0.15) is 37.3 Å². The molecule has 3 aromatic rings. The van der Waals surface area contributed by atoms with E-state index in [0.717, 1.165) is 23.4 Å². The highest BCUT2D eigenvalue weighted by Crippen LogP contribution is 2.20. The van der Waals surface area contributed by atoms with Crippen LogP contribution in [0.2, 0.25) is 0 Å². The Morgan fingerprint density at radius 2 is 1.61 bits per heavy atom. The summed E-state index contributed by atoms with van der Waals surface area (Å²) in [6, 6.07) is 23.2. The lowest BCUT2D eigenvalue weighted by Crippen LogP contribution is -3.13. The molecule has 1 saturated heterocycles. The second kappa shape index (κ2) is 10.6. The van der Waals surface area contributed by atoms with Crippen molar-refractivity contribution in [2.24, 2.45) is 0 Å². The number of ether oxygens (including phenoxy) is 2. The summed E-state index contributed by atoms with van der Waals surface area (Å²) in [4.78, 5) is 1.64. The van der Waals surface area contributed by atoms with E-state index in [1.54, 1.807) is 12.0 Å². The van der Waals surface area contributed by atoms with Crippen LogP contribution in [0.25, 0.3) is 10.8 Å². The average Bonchev–Trinajstić information content (AvgIpc) is 3.35. The molecule has 4 N–H and O–H groups in total. The Morgan fingerprint density at radius 1 is 0.903 bits per heavy atom. The highest BCUT2D eigenvalue weighted by atomic mass is 16.5. The molecular weight excluding hydrogens is 388 g/mol. The number of nitrogens with one attached hydrogen (secondary N) is 1. The zero-order valence-corrected chi connectivity index (χ0v) is 18.3. The van der Waals surface area contributed by atoms with Crippen LogP contribution < -0.4 is 19.7 Å². The van der Waals surface area contributed by atoms with Gasteiger partial charge in [0, 0.05) is 18.4 Å². The quantitative estimate of drug-likeness (QED) is 0.465. The van der Waals surface area contributed by atoms with E-state index in [9.17, 15) is 5.11 Å². The number of aliphatic hydroxyl groups excluding tert-OH is 1. The number of nitrogens with two attached hydrogens (primary N) is 1. The van der Waals surface area contributed by atoms with E-state index in [2.05, 4.69) is 35.6 Å². The summed E-state index contributed by atoms with van der Waals surface area (Å²) in [5.74, 6) is 1.69. The molecule has 4 rings (SSSR count). The predicted molar refractivity (Wildman–Crippen MR) is 123 cm³/mol. The van der Waals surface area contributed by atoms with Crippen molar-refractivity contribution in [1.82, 2.24) is 0 Å². The van der Waals surface area contributed by atoms with Crippen LogP contribution >= 0.6 is 0 Å². The molecule has 0 bridgehead atoms. The number of likely N-dealkylation sites (tertiary alicyclic amines) is 1. The third-order valence-electron chi connectivity index (χ3n) is 6.26. The molecule has 1 aliphatic rings. The first-order chi connectivity index (χ1) is 15.2. The Kier molecular flexibility index (Phi) is 7.41. The van der Waals surface area contributed by atoms with Gasteiger partial charge in [-0.3, -0.25) is 0 Å². The maximum Gasteiger partial charge on any atom is 0.163 e. The van der Waals surface area contributed by atoms with Gasteiger partial charge in [-0.15, -0.1) is 0 Å². The fourth-order valence-electron chi connectivity index (χ4n) is 4.53. The van der Waals surface area contributed by atoms with Crippen LogP contribution in [0.5, 0.6) is 11.5 Å². The van der Waals surface area contributed by atoms with Crippen molar-refractivity contribution in [3.8, 4) is 11.5 Å². The van der Waals surface area contributed by atoms with Gasteiger partial charge in [-0.1, -0.05) is 30.3 Å². The number of methoxy groups -OCH3 is 1. The van der Waals surface area contributed by atoms with Gasteiger partial charge in [0.2, 0.25) is 0 Å². The molecule has 1 aliphatic heterocycles. The highest BCUT2D eigenvalue weighted by molar-refractivity contribution is 5.83. The largest absolute Gasteiger partial charge is 0.497 e. The van der Waals surface area contributed by atoms with E-state index in [0.29, 0.717) is 19.2 Å². The first kappa shape index (κ1) is 21.6. The van der Waals surface area contributed by atoms with E-state index >= 15 is 0 Å². The Bertz CT molecular complexity index is 954. The lowest BCUT2D eigenvalue weighted by Gasteiger charge is -2.24. The van der Waals surface area contributed by atoms with E-state index in [1.807, 2.05) is 36.4 Å². The smallest absolute Gasteiger partial charge is 0.163 e. The molecule has 0 saturated carbocycles. The van der Waals surface area contributed by atoms with Crippen LogP contribution in [0.4, 0.5) is 0 Å². The maximum absolute atomic E-state index is 10.5. The zero-order chi connectivity index (χ0) is 21.5. The van der Waals surface area contributed by atoms with Crippen molar-refractivity contribution >= 4 is 10.8 Å². The van der Waals surface area contributed by atoms with Crippen LogP contribution in [0.1, 0.15) is 24.4 Å². The summed E-state index contributed by atoms with van der Waals surface area (Å²) in [6.07, 6.45) is 2.09. The first-order valence-electron chi connectivity index (χ1n) is 11.3. The number of hydrogen-bond acceptors (Lipinski definition) is 3. The van der Waals surface area contributed by atoms with Crippen LogP contribution in [0.15, 0.2) is 66.7 Å². The van der Waals surface area contributed by atoms with E-state index in [1.165, 1.54) is 36.9 Å². The minimum Gasteiger partial charge on any atom is -0.497 e.